The number of halogens is 1. The van der Waals surface area contributed by atoms with Crippen LogP contribution in [0, 0.1) is 0 Å². The van der Waals surface area contributed by atoms with Crippen LogP contribution in [0.15, 0.2) is 18.2 Å². The molecule has 2 aromatic rings. The Morgan fingerprint density at radius 3 is 2.82 bits per heavy atom. The van der Waals surface area contributed by atoms with Crippen LogP contribution in [0.1, 0.15) is 43.1 Å². The molecule has 1 aromatic carbocycles. The Kier molecular flexibility index (Phi) is 5.77. The topological polar surface area (TPSA) is 93.9 Å². The molecular formula is C15H19ClN4O2. The van der Waals surface area contributed by atoms with Gasteiger partial charge in [0.05, 0.1) is 11.6 Å². The largest absolute Gasteiger partial charge is 0.492 e. The number of nitrogens with one attached hydrogen (secondary N) is 1. The summed E-state index contributed by atoms with van der Waals surface area (Å²) in [5, 5.41) is 10.5. The van der Waals surface area contributed by atoms with Crippen LogP contribution in [-0.4, -0.2) is 27.9 Å². The predicted octanol–water partition coefficient (Wildman–Crippen LogP) is 3.18. The molecular weight excluding hydrogens is 304 g/mol. The maximum atomic E-state index is 11.3. The first kappa shape index (κ1) is 16.3. The summed E-state index contributed by atoms with van der Waals surface area (Å²) in [6.07, 6.45) is 4.54. The first-order chi connectivity index (χ1) is 10.6. The molecule has 2 rings (SSSR count). The molecule has 0 radical (unpaired) electrons. The minimum absolute atomic E-state index is 0.0873. The zero-order valence-electron chi connectivity index (χ0n) is 12.4. The number of carbonyl (C=O) groups is 1. The van der Waals surface area contributed by atoms with Crippen molar-refractivity contribution in [3.05, 3.63) is 28.9 Å². The SMILES string of the molecule is CCCCCCOc1ccc(-c2n[nH]nc2C(N)=O)cc1Cl. The molecule has 1 aromatic heterocycles. The first-order valence-electron chi connectivity index (χ1n) is 7.26. The molecule has 0 fully saturated rings. The summed E-state index contributed by atoms with van der Waals surface area (Å²) in [5.41, 5.74) is 6.37. The predicted molar refractivity (Wildman–Crippen MR) is 85.0 cm³/mol. The summed E-state index contributed by atoms with van der Waals surface area (Å²) in [6, 6.07) is 5.22. The van der Waals surface area contributed by atoms with Gasteiger partial charge in [-0.05, 0) is 24.6 Å². The van der Waals surface area contributed by atoms with Crippen molar-refractivity contribution in [2.45, 2.75) is 32.6 Å². The van der Waals surface area contributed by atoms with Crippen LogP contribution in [0.25, 0.3) is 11.3 Å². The molecule has 0 saturated carbocycles. The van der Waals surface area contributed by atoms with Crippen molar-refractivity contribution in [3.8, 4) is 17.0 Å². The first-order valence-corrected chi connectivity index (χ1v) is 7.64. The van der Waals surface area contributed by atoms with Gasteiger partial charge in [-0.2, -0.15) is 15.4 Å². The number of hydrogen-bond acceptors (Lipinski definition) is 4. The number of nitrogens with zero attached hydrogens (tertiary/aromatic N) is 2. The zero-order valence-corrected chi connectivity index (χ0v) is 13.2. The molecule has 22 heavy (non-hydrogen) atoms. The van der Waals surface area contributed by atoms with Crippen LogP contribution in [0.3, 0.4) is 0 Å². The Labute approximate surface area is 134 Å². The summed E-state index contributed by atoms with van der Waals surface area (Å²) in [4.78, 5) is 11.3. The number of aromatic amines is 1. The maximum Gasteiger partial charge on any atom is 0.271 e. The molecule has 0 aliphatic heterocycles. The number of amides is 1. The highest BCUT2D eigenvalue weighted by molar-refractivity contribution is 6.32. The Balaban J connectivity index is 2.06. The third kappa shape index (κ3) is 3.98. The summed E-state index contributed by atoms with van der Waals surface area (Å²) >= 11 is 6.22. The summed E-state index contributed by atoms with van der Waals surface area (Å²) < 4.78 is 5.67. The van der Waals surface area contributed by atoms with Crippen molar-refractivity contribution < 1.29 is 9.53 Å². The van der Waals surface area contributed by atoms with Gasteiger partial charge in [-0.15, -0.1) is 0 Å². The standard InChI is InChI=1S/C15H19ClN4O2/c1-2-3-4-5-8-22-12-7-6-10(9-11(12)16)13-14(15(17)21)19-20-18-13/h6-7,9H,2-5,8H2,1H3,(H2,17,21)(H,18,19,20). The van der Waals surface area contributed by atoms with E-state index in [0.717, 1.165) is 12.8 Å². The summed E-state index contributed by atoms with van der Waals surface area (Å²) in [6.45, 7) is 2.80. The van der Waals surface area contributed by atoms with E-state index in [9.17, 15) is 4.79 Å². The number of hydrogen-bond donors (Lipinski definition) is 2. The molecule has 118 valence electrons. The maximum absolute atomic E-state index is 11.3. The second kappa shape index (κ2) is 7.79. The molecule has 3 N–H and O–H groups in total. The van der Waals surface area contributed by atoms with Crippen molar-refractivity contribution in [3.63, 3.8) is 0 Å². The van der Waals surface area contributed by atoms with Gasteiger partial charge in [-0.3, -0.25) is 4.79 Å². The Hall–Kier alpha value is -2.08. The van der Waals surface area contributed by atoms with Crippen LogP contribution in [-0.2, 0) is 0 Å². The second-order valence-electron chi connectivity index (χ2n) is 4.94. The lowest BCUT2D eigenvalue weighted by molar-refractivity contribution is 0.0996. The third-order valence-corrected chi connectivity index (χ3v) is 3.54. The van der Waals surface area contributed by atoms with E-state index in [4.69, 9.17) is 22.1 Å². The van der Waals surface area contributed by atoms with Crippen LogP contribution in [0.5, 0.6) is 5.75 Å². The number of aromatic nitrogens is 3. The fourth-order valence-corrected chi connectivity index (χ4v) is 2.32. The number of H-pyrrole nitrogens is 1. The average molecular weight is 323 g/mol. The molecule has 0 aliphatic rings. The summed E-state index contributed by atoms with van der Waals surface area (Å²) in [7, 11) is 0. The highest BCUT2D eigenvalue weighted by Gasteiger charge is 2.16. The van der Waals surface area contributed by atoms with Gasteiger partial charge >= 0.3 is 0 Å². The molecule has 0 bridgehead atoms. The number of unbranched alkanes of at least 4 members (excludes halogenated alkanes) is 3. The number of benzene rings is 1. The Morgan fingerprint density at radius 2 is 2.14 bits per heavy atom. The Bertz CT molecular complexity index is 642. The molecule has 0 aliphatic carbocycles. The van der Waals surface area contributed by atoms with Gasteiger partial charge in [0.25, 0.3) is 5.91 Å². The third-order valence-electron chi connectivity index (χ3n) is 3.24. The lowest BCUT2D eigenvalue weighted by atomic mass is 10.1. The normalized spacial score (nSPS) is 10.6. The lowest BCUT2D eigenvalue weighted by Gasteiger charge is -2.09. The van der Waals surface area contributed by atoms with Gasteiger partial charge in [0, 0.05) is 5.56 Å². The van der Waals surface area contributed by atoms with Gasteiger partial charge in [0.1, 0.15) is 11.4 Å². The van der Waals surface area contributed by atoms with Crippen LogP contribution in [0.4, 0.5) is 0 Å². The molecule has 1 amide bonds. The molecule has 0 spiro atoms. The Morgan fingerprint density at radius 1 is 1.32 bits per heavy atom. The molecule has 0 atom stereocenters. The van der Waals surface area contributed by atoms with E-state index < -0.39 is 5.91 Å². The van der Waals surface area contributed by atoms with Crippen molar-refractivity contribution in [1.82, 2.24) is 15.4 Å². The number of primary amides is 1. The lowest BCUT2D eigenvalue weighted by Crippen LogP contribution is -2.12. The highest BCUT2D eigenvalue weighted by atomic mass is 35.5. The van der Waals surface area contributed by atoms with Gasteiger partial charge < -0.3 is 10.5 Å². The highest BCUT2D eigenvalue weighted by Crippen LogP contribution is 2.30. The number of nitrogens with two attached hydrogens (primary N) is 1. The quantitative estimate of drug-likeness (QED) is 0.730. The van der Waals surface area contributed by atoms with Crippen molar-refractivity contribution in [2.75, 3.05) is 6.61 Å². The smallest absolute Gasteiger partial charge is 0.271 e. The van der Waals surface area contributed by atoms with Gasteiger partial charge in [0.15, 0.2) is 5.69 Å². The molecule has 0 saturated heterocycles. The van der Waals surface area contributed by atoms with E-state index >= 15 is 0 Å². The van der Waals surface area contributed by atoms with Gasteiger partial charge in [-0.25, -0.2) is 0 Å². The molecule has 6 nitrogen and oxygen atoms in total. The van der Waals surface area contributed by atoms with Crippen molar-refractivity contribution >= 4 is 17.5 Å². The molecule has 7 heteroatoms. The zero-order chi connectivity index (χ0) is 15.9. The average Bonchev–Trinajstić information content (AvgIpc) is 2.98. The summed E-state index contributed by atoms with van der Waals surface area (Å²) in [5.74, 6) is -0.0258. The van der Waals surface area contributed by atoms with E-state index in [1.165, 1.54) is 12.8 Å². The monoisotopic (exact) mass is 322 g/mol. The number of ether oxygens (including phenoxy) is 1. The van der Waals surface area contributed by atoms with E-state index in [-0.39, 0.29) is 5.69 Å². The van der Waals surface area contributed by atoms with Crippen molar-refractivity contribution in [2.24, 2.45) is 5.73 Å². The van der Waals surface area contributed by atoms with Gasteiger partial charge in [-0.1, -0.05) is 37.8 Å². The van der Waals surface area contributed by atoms with E-state index in [1.807, 2.05) is 0 Å². The fourth-order valence-electron chi connectivity index (χ4n) is 2.08. The second-order valence-corrected chi connectivity index (χ2v) is 5.35. The van der Waals surface area contributed by atoms with Crippen molar-refractivity contribution in [1.29, 1.82) is 0 Å². The number of carbonyl (C=O) groups excluding carboxylic acids is 1. The van der Waals surface area contributed by atoms with Crippen LogP contribution < -0.4 is 10.5 Å². The number of rotatable bonds is 8. The molecule has 0 unspecified atom stereocenters. The van der Waals surface area contributed by atoms with Crippen LogP contribution in [0.2, 0.25) is 5.02 Å². The fraction of sp³-hybridized carbons (Fsp3) is 0.400. The van der Waals surface area contributed by atoms with Gasteiger partial charge in [0.2, 0.25) is 0 Å². The molecule has 1 heterocycles. The van der Waals surface area contributed by atoms with E-state index in [1.54, 1.807) is 18.2 Å². The van der Waals surface area contributed by atoms with Crippen LogP contribution >= 0.6 is 11.6 Å². The van der Waals surface area contributed by atoms with E-state index in [0.29, 0.717) is 28.6 Å². The van der Waals surface area contributed by atoms with E-state index in [2.05, 4.69) is 22.3 Å². The minimum atomic E-state index is -0.642. The minimum Gasteiger partial charge on any atom is -0.492 e.